The average molecular weight is 290 g/mol. The molecule has 1 aromatic rings. The third-order valence-corrected chi connectivity index (χ3v) is 5.65. The van der Waals surface area contributed by atoms with Crippen molar-refractivity contribution in [3.05, 3.63) is 35.4 Å². The van der Waals surface area contributed by atoms with Crippen molar-refractivity contribution in [3.63, 3.8) is 0 Å². The van der Waals surface area contributed by atoms with Gasteiger partial charge in [0.25, 0.3) is 0 Å². The zero-order valence-corrected chi connectivity index (χ0v) is 13.7. The highest BCUT2D eigenvalue weighted by Crippen LogP contribution is 2.34. The standard InChI is InChI=1S/C17H26N2S/c1-4-17(5-2)12-19-16(20-13-17)18-10-9-15-8-6-7-14(3)11-15/h6-8,11H,4-5,9-10,12-13H2,1-3H3,(H,18,19). The topological polar surface area (TPSA) is 24.4 Å². The van der Waals surface area contributed by atoms with Gasteiger partial charge in [-0.15, -0.1) is 0 Å². The van der Waals surface area contributed by atoms with Gasteiger partial charge in [-0.2, -0.15) is 0 Å². The molecule has 0 radical (unpaired) electrons. The van der Waals surface area contributed by atoms with Gasteiger partial charge in [0, 0.05) is 18.8 Å². The highest BCUT2D eigenvalue weighted by Gasteiger charge is 2.29. The smallest absolute Gasteiger partial charge is 0.156 e. The van der Waals surface area contributed by atoms with Gasteiger partial charge in [-0.25, -0.2) is 0 Å². The van der Waals surface area contributed by atoms with Gasteiger partial charge in [0.1, 0.15) is 0 Å². The Labute approximate surface area is 127 Å². The second-order valence-electron chi connectivity index (χ2n) is 5.78. The van der Waals surface area contributed by atoms with E-state index < -0.39 is 0 Å². The lowest BCUT2D eigenvalue weighted by atomic mass is 9.84. The summed E-state index contributed by atoms with van der Waals surface area (Å²) in [5.41, 5.74) is 3.17. The van der Waals surface area contributed by atoms with Crippen molar-refractivity contribution in [2.75, 3.05) is 18.8 Å². The van der Waals surface area contributed by atoms with Crippen molar-refractivity contribution in [3.8, 4) is 0 Å². The van der Waals surface area contributed by atoms with Crippen molar-refractivity contribution in [2.24, 2.45) is 10.4 Å². The molecule has 0 atom stereocenters. The van der Waals surface area contributed by atoms with Crippen molar-refractivity contribution in [2.45, 2.75) is 40.0 Å². The maximum absolute atomic E-state index is 4.74. The molecule has 0 unspecified atom stereocenters. The van der Waals surface area contributed by atoms with Gasteiger partial charge >= 0.3 is 0 Å². The van der Waals surface area contributed by atoms with Crippen LogP contribution in [0.1, 0.15) is 37.8 Å². The minimum absolute atomic E-state index is 0.437. The Morgan fingerprint density at radius 2 is 2.10 bits per heavy atom. The molecule has 0 bridgehead atoms. The summed E-state index contributed by atoms with van der Waals surface area (Å²) in [4.78, 5) is 4.74. The fraction of sp³-hybridized carbons (Fsp3) is 0.588. The van der Waals surface area contributed by atoms with Crippen LogP contribution in [0.3, 0.4) is 0 Å². The minimum atomic E-state index is 0.437. The Morgan fingerprint density at radius 3 is 2.70 bits per heavy atom. The molecule has 0 fully saturated rings. The van der Waals surface area contributed by atoms with E-state index in [1.165, 1.54) is 29.7 Å². The zero-order valence-electron chi connectivity index (χ0n) is 12.9. The summed E-state index contributed by atoms with van der Waals surface area (Å²) in [7, 11) is 0. The van der Waals surface area contributed by atoms with Crippen LogP contribution in [0, 0.1) is 12.3 Å². The number of hydrogen-bond donors (Lipinski definition) is 1. The molecular formula is C17H26N2S. The molecule has 110 valence electrons. The maximum atomic E-state index is 4.74. The molecule has 2 nitrogen and oxygen atoms in total. The summed E-state index contributed by atoms with van der Waals surface area (Å²) in [5.74, 6) is 1.20. The van der Waals surface area contributed by atoms with Gasteiger partial charge in [0.2, 0.25) is 0 Å². The first-order valence-corrected chi connectivity index (χ1v) is 8.63. The lowest BCUT2D eigenvalue weighted by Gasteiger charge is -2.33. The van der Waals surface area contributed by atoms with Gasteiger partial charge in [0.15, 0.2) is 5.17 Å². The summed E-state index contributed by atoms with van der Waals surface area (Å²) >= 11 is 1.90. The lowest BCUT2D eigenvalue weighted by Crippen LogP contribution is -2.35. The summed E-state index contributed by atoms with van der Waals surface area (Å²) in [5, 5.41) is 4.62. The molecule has 2 rings (SSSR count). The highest BCUT2D eigenvalue weighted by atomic mass is 32.2. The number of nitrogens with one attached hydrogen (secondary N) is 1. The monoisotopic (exact) mass is 290 g/mol. The van der Waals surface area contributed by atoms with Crippen LogP contribution in [0.15, 0.2) is 29.3 Å². The fourth-order valence-electron chi connectivity index (χ4n) is 2.52. The Hall–Kier alpha value is -0.960. The normalized spacial score (nSPS) is 17.6. The predicted molar refractivity (Wildman–Crippen MR) is 90.7 cm³/mol. The molecule has 1 aliphatic rings. The molecule has 0 aliphatic carbocycles. The van der Waals surface area contributed by atoms with Crippen molar-refractivity contribution in [1.82, 2.24) is 5.32 Å². The van der Waals surface area contributed by atoms with E-state index in [-0.39, 0.29) is 0 Å². The number of rotatable bonds is 5. The van der Waals surface area contributed by atoms with Crippen LogP contribution in [-0.4, -0.2) is 24.0 Å². The lowest BCUT2D eigenvalue weighted by molar-refractivity contribution is 0.318. The van der Waals surface area contributed by atoms with Gasteiger partial charge in [0.05, 0.1) is 0 Å². The van der Waals surface area contributed by atoms with E-state index in [4.69, 9.17) is 4.99 Å². The number of benzene rings is 1. The zero-order chi connectivity index (χ0) is 14.4. The Bertz CT molecular complexity index is 464. The number of thioether (sulfide) groups is 1. The van der Waals surface area contributed by atoms with Crippen molar-refractivity contribution >= 4 is 16.9 Å². The molecular weight excluding hydrogens is 264 g/mol. The van der Waals surface area contributed by atoms with E-state index in [0.717, 1.165) is 24.7 Å². The van der Waals surface area contributed by atoms with Crippen LogP contribution in [0.5, 0.6) is 0 Å². The van der Waals surface area contributed by atoms with Gasteiger partial charge < -0.3 is 5.32 Å². The number of hydrogen-bond acceptors (Lipinski definition) is 3. The molecule has 20 heavy (non-hydrogen) atoms. The SMILES string of the molecule is CCC1(CC)CN=C(NCCc2cccc(C)c2)SC1. The fourth-order valence-corrected chi connectivity index (χ4v) is 3.82. The van der Waals surface area contributed by atoms with Gasteiger partial charge in [-0.1, -0.05) is 55.4 Å². The Balaban J connectivity index is 1.80. The van der Waals surface area contributed by atoms with Crippen LogP contribution in [0.4, 0.5) is 0 Å². The number of nitrogens with zero attached hydrogens (tertiary/aromatic N) is 1. The van der Waals surface area contributed by atoms with Crippen LogP contribution in [0.25, 0.3) is 0 Å². The van der Waals surface area contributed by atoms with Crippen LogP contribution in [-0.2, 0) is 6.42 Å². The summed E-state index contributed by atoms with van der Waals surface area (Å²) < 4.78 is 0. The third-order valence-electron chi connectivity index (χ3n) is 4.35. The van der Waals surface area contributed by atoms with E-state index in [1.807, 2.05) is 11.8 Å². The van der Waals surface area contributed by atoms with E-state index in [0.29, 0.717) is 5.41 Å². The predicted octanol–water partition coefficient (Wildman–Crippen LogP) is 4.04. The van der Waals surface area contributed by atoms with E-state index >= 15 is 0 Å². The van der Waals surface area contributed by atoms with Crippen LogP contribution < -0.4 is 5.32 Å². The second kappa shape index (κ2) is 7.16. The Kier molecular flexibility index (Phi) is 5.53. The van der Waals surface area contributed by atoms with E-state index in [9.17, 15) is 0 Å². The molecule has 0 saturated heterocycles. The number of aryl methyl sites for hydroxylation is 1. The third kappa shape index (κ3) is 4.02. The quantitative estimate of drug-likeness (QED) is 0.885. The molecule has 0 spiro atoms. The first-order chi connectivity index (χ1) is 9.67. The first kappa shape index (κ1) is 15.4. The van der Waals surface area contributed by atoms with Crippen LogP contribution in [0.2, 0.25) is 0 Å². The average Bonchev–Trinajstić information content (AvgIpc) is 2.48. The van der Waals surface area contributed by atoms with Gasteiger partial charge in [-0.05, 0) is 37.2 Å². The Morgan fingerprint density at radius 1 is 1.30 bits per heavy atom. The highest BCUT2D eigenvalue weighted by molar-refractivity contribution is 8.13. The molecule has 1 N–H and O–H groups in total. The second-order valence-corrected chi connectivity index (χ2v) is 6.75. The van der Waals surface area contributed by atoms with Crippen molar-refractivity contribution < 1.29 is 0 Å². The van der Waals surface area contributed by atoms with Gasteiger partial charge in [-0.3, -0.25) is 4.99 Å². The van der Waals surface area contributed by atoms with E-state index in [2.05, 4.69) is 50.4 Å². The molecule has 1 aromatic carbocycles. The van der Waals surface area contributed by atoms with E-state index in [1.54, 1.807) is 0 Å². The minimum Gasteiger partial charge on any atom is -0.365 e. The molecule has 1 aliphatic heterocycles. The summed E-state index contributed by atoms with van der Waals surface area (Å²) in [6.45, 7) is 8.68. The molecule has 0 saturated carbocycles. The molecule has 3 heteroatoms. The molecule has 0 aromatic heterocycles. The molecule has 0 amide bonds. The summed E-state index contributed by atoms with van der Waals surface area (Å²) in [6, 6.07) is 8.74. The number of amidine groups is 1. The largest absolute Gasteiger partial charge is 0.365 e. The summed E-state index contributed by atoms with van der Waals surface area (Å²) in [6.07, 6.45) is 3.53. The number of aliphatic imine (C=N–C) groups is 1. The van der Waals surface area contributed by atoms with Crippen molar-refractivity contribution in [1.29, 1.82) is 0 Å². The first-order valence-electron chi connectivity index (χ1n) is 7.64. The molecule has 1 heterocycles. The maximum Gasteiger partial charge on any atom is 0.156 e. The van der Waals surface area contributed by atoms with Crippen LogP contribution >= 0.6 is 11.8 Å².